The molecule has 3 N–H and O–H groups in total. The van der Waals surface area contributed by atoms with E-state index in [1.807, 2.05) is 13.8 Å². The smallest absolute Gasteiger partial charge is 0.370 e. The third kappa shape index (κ3) is 15.3. The van der Waals surface area contributed by atoms with Crippen LogP contribution < -0.4 is 5.32 Å². The quantitative estimate of drug-likeness (QED) is 0.0573. The largest absolute Gasteiger partial charge is 0.502 e. The maximum atomic E-state index is 12.6. The first-order valence-corrected chi connectivity index (χ1v) is 15.0. The molecule has 4 atom stereocenters. The van der Waals surface area contributed by atoms with E-state index < -0.39 is 28.5 Å². The average molecular weight is 544 g/mol. The molecule has 8 heteroatoms. The number of thioether (sulfide) groups is 1. The van der Waals surface area contributed by atoms with E-state index >= 15 is 0 Å². The summed E-state index contributed by atoms with van der Waals surface area (Å²) in [5, 5.41) is 21.5. The van der Waals surface area contributed by atoms with E-state index in [9.17, 15) is 19.5 Å². The van der Waals surface area contributed by atoms with Gasteiger partial charge in [-0.25, -0.2) is 9.59 Å². The molecular formula is C29H53NO6S. The summed E-state index contributed by atoms with van der Waals surface area (Å²) in [6.07, 6.45) is 16.9. The van der Waals surface area contributed by atoms with E-state index in [0.717, 1.165) is 12.8 Å². The summed E-state index contributed by atoms with van der Waals surface area (Å²) in [5.74, 6) is -2.43. The van der Waals surface area contributed by atoms with Crippen molar-refractivity contribution in [2.75, 3.05) is 7.11 Å². The summed E-state index contributed by atoms with van der Waals surface area (Å²) in [6, 6.07) is -0.792. The molecule has 0 aliphatic rings. The van der Waals surface area contributed by atoms with Gasteiger partial charge in [0.05, 0.1) is 7.11 Å². The predicted octanol–water partition coefficient (Wildman–Crippen LogP) is 7.19. The number of methoxy groups -OCH3 is 1. The van der Waals surface area contributed by atoms with Gasteiger partial charge in [0, 0.05) is 16.9 Å². The highest BCUT2D eigenvalue weighted by Crippen LogP contribution is 2.41. The van der Waals surface area contributed by atoms with Crippen molar-refractivity contribution in [3.05, 3.63) is 11.8 Å². The molecule has 0 aliphatic heterocycles. The van der Waals surface area contributed by atoms with Gasteiger partial charge >= 0.3 is 11.9 Å². The molecular weight excluding hydrogens is 490 g/mol. The van der Waals surface area contributed by atoms with Crippen molar-refractivity contribution in [3.63, 3.8) is 0 Å². The lowest BCUT2D eigenvalue weighted by Crippen LogP contribution is -2.54. The number of carboxylic acids is 1. The number of hydrogen-bond donors (Lipinski definition) is 3. The van der Waals surface area contributed by atoms with Gasteiger partial charge in [0.1, 0.15) is 6.04 Å². The van der Waals surface area contributed by atoms with Crippen molar-refractivity contribution in [2.45, 2.75) is 141 Å². The third-order valence-electron chi connectivity index (χ3n) is 7.17. The molecule has 7 nitrogen and oxygen atoms in total. The number of unbranched alkanes of at least 4 members (excludes halogenated alkanes) is 9. The number of amides is 1. The first-order valence-electron chi connectivity index (χ1n) is 14.2. The molecule has 0 aromatic carbocycles. The zero-order chi connectivity index (χ0) is 28.3. The van der Waals surface area contributed by atoms with Crippen LogP contribution in [0.5, 0.6) is 0 Å². The first-order chi connectivity index (χ1) is 17.5. The molecule has 37 heavy (non-hydrogen) atoms. The van der Waals surface area contributed by atoms with Crippen molar-refractivity contribution in [1.82, 2.24) is 5.32 Å². The number of aliphatic hydroxyl groups is 1. The minimum Gasteiger partial charge on any atom is -0.502 e. The van der Waals surface area contributed by atoms with Gasteiger partial charge in [-0.05, 0) is 44.6 Å². The fourth-order valence-corrected chi connectivity index (χ4v) is 6.33. The minimum absolute atomic E-state index is 0.113. The molecule has 0 bridgehead atoms. The number of aliphatic hydroxyl groups excluding tert-OH is 1. The second kappa shape index (κ2) is 20.3. The van der Waals surface area contributed by atoms with Gasteiger partial charge in [-0.2, -0.15) is 0 Å². The van der Waals surface area contributed by atoms with Gasteiger partial charge in [-0.1, -0.05) is 85.0 Å². The number of ether oxygens (including phenoxy) is 1. The Bertz CT molecular complexity index is 698. The highest BCUT2D eigenvalue weighted by atomic mass is 32.2. The molecule has 0 rings (SSSR count). The van der Waals surface area contributed by atoms with Crippen molar-refractivity contribution < 1.29 is 29.3 Å². The molecule has 0 spiro atoms. The summed E-state index contributed by atoms with van der Waals surface area (Å²) in [6.45, 7) is 9.80. The number of carboxylic acid groups (broad SMARTS) is 1. The molecule has 0 saturated heterocycles. The van der Waals surface area contributed by atoms with E-state index in [0.29, 0.717) is 25.2 Å². The van der Waals surface area contributed by atoms with Crippen LogP contribution in [-0.2, 0) is 19.1 Å². The van der Waals surface area contributed by atoms with Gasteiger partial charge in [0.25, 0.3) is 0 Å². The Morgan fingerprint density at radius 1 is 0.946 bits per heavy atom. The number of esters is 1. The minimum atomic E-state index is -1.34. The van der Waals surface area contributed by atoms with Crippen LogP contribution in [0.15, 0.2) is 11.8 Å². The normalized spacial score (nSPS) is 15.9. The van der Waals surface area contributed by atoms with E-state index in [2.05, 4.69) is 19.2 Å². The highest BCUT2D eigenvalue weighted by molar-refractivity contribution is 8.01. The van der Waals surface area contributed by atoms with Gasteiger partial charge in [0.2, 0.25) is 5.91 Å². The van der Waals surface area contributed by atoms with Crippen LogP contribution in [0.25, 0.3) is 0 Å². The Hall–Kier alpha value is -1.70. The van der Waals surface area contributed by atoms with Crippen molar-refractivity contribution in [2.24, 2.45) is 5.92 Å². The Balaban J connectivity index is 5.18. The Morgan fingerprint density at radius 2 is 1.49 bits per heavy atom. The summed E-state index contributed by atoms with van der Waals surface area (Å²) in [4.78, 5) is 35.4. The Labute approximate surface area is 229 Å². The van der Waals surface area contributed by atoms with Gasteiger partial charge in [-0.3, -0.25) is 4.79 Å². The fraction of sp³-hybridized carbons (Fsp3) is 0.828. The van der Waals surface area contributed by atoms with Crippen molar-refractivity contribution in [1.29, 1.82) is 0 Å². The number of hydrogen-bond acceptors (Lipinski definition) is 6. The Morgan fingerprint density at radius 3 is 1.95 bits per heavy atom. The number of nitrogens with one attached hydrogen (secondary N) is 1. The van der Waals surface area contributed by atoms with Crippen LogP contribution in [0.4, 0.5) is 0 Å². The van der Waals surface area contributed by atoms with Crippen LogP contribution in [0.3, 0.4) is 0 Å². The molecule has 0 radical (unpaired) electrons. The molecule has 216 valence electrons. The highest BCUT2D eigenvalue weighted by Gasteiger charge is 2.42. The maximum absolute atomic E-state index is 12.6. The monoisotopic (exact) mass is 543 g/mol. The van der Waals surface area contributed by atoms with E-state index in [1.54, 1.807) is 11.8 Å². The molecule has 0 aliphatic carbocycles. The zero-order valence-electron chi connectivity index (χ0n) is 24.1. The Kier molecular flexibility index (Phi) is 19.4. The topological polar surface area (TPSA) is 113 Å². The van der Waals surface area contributed by atoms with Crippen LogP contribution in [-0.4, -0.2) is 51.2 Å². The van der Waals surface area contributed by atoms with Gasteiger partial charge < -0.3 is 20.3 Å². The lowest BCUT2D eigenvalue weighted by atomic mass is 9.95. The molecule has 0 aromatic rings. The lowest BCUT2D eigenvalue weighted by Gasteiger charge is -2.39. The second-order valence-electron chi connectivity index (χ2n) is 10.4. The van der Waals surface area contributed by atoms with Crippen molar-refractivity contribution in [3.8, 4) is 0 Å². The van der Waals surface area contributed by atoms with Crippen LogP contribution in [0.2, 0.25) is 0 Å². The summed E-state index contributed by atoms with van der Waals surface area (Å²) < 4.78 is 4.40. The first kappa shape index (κ1) is 35.3. The average Bonchev–Trinajstić information content (AvgIpc) is 2.86. The molecule has 1 amide bonds. The predicted molar refractivity (Wildman–Crippen MR) is 153 cm³/mol. The number of allylic oxidation sites excluding steroid dienone is 1. The standard InChI is InChI=1S/C29H53NO6S/c1-7-9-10-11-12-13-14-15-16-17-19-22(3)25(21-18-20-24(32)27(33)34)37-29(5,8-2)26(28(35)36-6)30-23(4)31/h20,22,25-26,32H,7-19,21H2,1-6H3,(H,30,31)(H,33,34)/b24-20-/t22-,25+,26?,29?/m1/s1. The molecule has 0 heterocycles. The number of carbonyl (C=O) groups excluding carboxylic acids is 2. The maximum Gasteiger partial charge on any atom is 0.370 e. The van der Waals surface area contributed by atoms with E-state index in [4.69, 9.17) is 9.84 Å². The third-order valence-corrected chi connectivity index (χ3v) is 9.24. The van der Waals surface area contributed by atoms with Gasteiger partial charge in [0.15, 0.2) is 5.76 Å². The second-order valence-corrected chi connectivity index (χ2v) is 12.2. The summed E-state index contributed by atoms with van der Waals surface area (Å²) in [5.41, 5.74) is 0. The van der Waals surface area contributed by atoms with Crippen molar-refractivity contribution >= 4 is 29.6 Å². The summed E-state index contributed by atoms with van der Waals surface area (Å²) in [7, 11) is 1.32. The lowest BCUT2D eigenvalue weighted by molar-refractivity contribution is -0.145. The van der Waals surface area contributed by atoms with Crippen LogP contribution >= 0.6 is 11.8 Å². The fourth-order valence-electron chi connectivity index (χ4n) is 4.55. The molecule has 0 aromatic heterocycles. The number of carbonyl (C=O) groups is 3. The summed E-state index contributed by atoms with van der Waals surface area (Å²) >= 11 is 1.66. The molecule has 2 unspecified atom stereocenters. The van der Waals surface area contributed by atoms with E-state index in [1.165, 1.54) is 77.9 Å². The van der Waals surface area contributed by atoms with Crippen LogP contribution in [0, 0.1) is 5.92 Å². The van der Waals surface area contributed by atoms with Gasteiger partial charge in [-0.15, -0.1) is 11.8 Å². The van der Waals surface area contributed by atoms with Crippen LogP contribution in [0.1, 0.15) is 125 Å². The molecule has 0 saturated carbocycles. The van der Waals surface area contributed by atoms with E-state index in [-0.39, 0.29) is 11.2 Å². The SMILES string of the molecule is CCCCCCCCCCCC[C@@H](C)[C@H](CC/C=C(\O)C(=O)O)SC(C)(CC)C(NC(C)=O)C(=O)OC. The number of rotatable bonds is 22. The number of aliphatic carboxylic acids is 1. The molecule has 0 fully saturated rings. The zero-order valence-corrected chi connectivity index (χ0v) is 25.0.